The van der Waals surface area contributed by atoms with Gasteiger partial charge in [0, 0.05) is 5.75 Å². The van der Waals surface area contributed by atoms with Gasteiger partial charge < -0.3 is 5.11 Å². The molecule has 6 heteroatoms. The van der Waals surface area contributed by atoms with Crippen LogP contribution in [0.1, 0.15) is 31.9 Å². The highest BCUT2D eigenvalue weighted by Crippen LogP contribution is 2.25. The molecular weight excluding hydrogens is 380 g/mol. The second-order valence-corrected chi connectivity index (χ2v) is 7.27. The van der Waals surface area contributed by atoms with Crippen LogP contribution in [0.2, 0.25) is 0 Å². The third-order valence-corrected chi connectivity index (χ3v) is 5.59. The van der Waals surface area contributed by atoms with Crippen molar-refractivity contribution in [3.63, 3.8) is 0 Å². The molecule has 0 aliphatic carbocycles. The Morgan fingerprint density at radius 2 is 1.54 bits per heavy atom. The van der Waals surface area contributed by atoms with Gasteiger partial charge in [-0.3, -0.25) is 9.69 Å². The van der Waals surface area contributed by atoms with Gasteiger partial charge in [0.15, 0.2) is 11.6 Å². The number of carboxylic acid groups (broad SMARTS) is 1. The van der Waals surface area contributed by atoms with Gasteiger partial charge in [0.25, 0.3) is 0 Å². The van der Waals surface area contributed by atoms with Crippen LogP contribution in [0.15, 0.2) is 36.4 Å². The molecule has 0 aliphatic heterocycles. The summed E-state index contributed by atoms with van der Waals surface area (Å²) in [4.78, 5) is 12.2. The fraction of sp³-hybridized carbons (Fsp3) is 0.409. The molecule has 1 atom stereocenters. The number of nitrogens with zero attached hydrogens (tertiary/aromatic N) is 1. The summed E-state index contributed by atoms with van der Waals surface area (Å²) in [6.45, 7) is 5.86. The molecule has 0 saturated heterocycles. The molecule has 0 saturated carbocycles. The molecule has 0 aliphatic rings. The Morgan fingerprint density at radius 1 is 1.00 bits per heavy atom. The van der Waals surface area contributed by atoms with Crippen molar-refractivity contribution >= 4 is 18.6 Å². The molecule has 0 heterocycles. The fourth-order valence-electron chi connectivity index (χ4n) is 2.56. The van der Waals surface area contributed by atoms with E-state index in [1.165, 1.54) is 23.3 Å². The van der Waals surface area contributed by atoms with E-state index in [4.69, 9.17) is 5.11 Å². The Labute approximate surface area is 171 Å². The number of carboxylic acids is 1. The van der Waals surface area contributed by atoms with E-state index in [0.717, 1.165) is 18.4 Å². The number of carbonyl (C=O) groups is 1. The van der Waals surface area contributed by atoms with Gasteiger partial charge in [0.2, 0.25) is 0 Å². The topological polar surface area (TPSA) is 40.5 Å². The summed E-state index contributed by atoms with van der Waals surface area (Å²) >= 11 is 3.96. The molecule has 0 bridgehead atoms. The lowest BCUT2D eigenvalue weighted by Gasteiger charge is -2.29. The molecule has 0 aromatic heterocycles. The lowest BCUT2D eigenvalue weighted by molar-refractivity contribution is -0.147. The van der Waals surface area contributed by atoms with Crippen LogP contribution < -0.4 is 0 Å². The number of thiol groups is 1. The number of likely N-dealkylation sites (N-methyl/N-ethyl adjacent to an activating group) is 1. The van der Waals surface area contributed by atoms with Crippen molar-refractivity contribution in [3.05, 3.63) is 59.2 Å². The van der Waals surface area contributed by atoms with Crippen LogP contribution in [0.25, 0.3) is 11.1 Å². The highest BCUT2D eigenvalue weighted by atomic mass is 32.1. The van der Waals surface area contributed by atoms with E-state index in [1.54, 1.807) is 32.0 Å². The zero-order chi connectivity index (χ0) is 21.5. The van der Waals surface area contributed by atoms with Crippen molar-refractivity contribution < 1.29 is 18.7 Å². The van der Waals surface area contributed by atoms with E-state index in [2.05, 4.69) is 38.6 Å². The maximum Gasteiger partial charge on any atom is 0.324 e. The molecule has 28 heavy (non-hydrogen) atoms. The molecule has 0 fully saturated rings. The molecule has 0 unspecified atom stereocenters. The van der Waals surface area contributed by atoms with Gasteiger partial charge in [0.1, 0.15) is 5.54 Å². The Balaban J connectivity index is 0.000000336. The lowest BCUT2D eigenvalue weighted by atomic mass is 9.96. The average Bonchev–Trinajstić information content (AvgIpc) is 2.68. The van der Waals surface area contributed by atoms with E-state index in [0.29, 0.717) is 11.3 Å². The van der Waals surface area contributed by atoms with Gasteiger partial charge in [-0.2, -0.15) is 12.6 Å². The number of aryl methyl sites for hydroxylation is 2. The number of hydrogen-bond acceptors (Lipinski definition) is 3. The number of aliphatic carboxylic acids is 1. The van der Waals surface area contributed by atoms with Gasteiger partial charge in [-0.25, -0.2) is 8.78 Å². The molecule has 2 rings (SSSR count). The number of benzene rings is 2. The summed E-state index contributed by atoms with van der Waals surface area (Å²) in [7, 11) is 3.45. The molecule has 2 aromatic rings. The van der Waals surface area contributed by atoms with Crippen LogP contribution in [0.3, 0.4) is 0 Å². The first-order chi connectivity index (χ1) is 13.1. The summed E-state index contributed by atoms with van der Waals surface area (Å²) in [5.41, 5.74) is 3.38. The van der Waals surface area contributed by atoms with Crippen molar-refractivity contribution in [3.8, 4) is 11.1 Å². The predicted octanol–water partition coefficient (Wildman–Crippen LogP) is 5.08. The van der Waals surface area contributed by atoms with Gasteiger partial charge in [-0.15, -0.1) is 0 Å². The number of rotatable bonds is 6. The minimum absolute atomic E-state index is 0.315. The average molecular weight is 410 g/mol. The largest absolute Gasteiger partial charge is 0.480 e. The smallest absolute Gasteiger partial charge is 0.324 e. The molecule has 3 nitrogen and oxygen atoms in total. The first-order valence-corrected chi connectivity index (χ1v) is 9.82. The molecule has 2 aromatic carbocycles. The van der Waals surface area contributed by atoms with E-state index in [1.807, 2.05) is 6.07 Å². The Hall–Kier alpha value is -1.92. The number of halogens is 2. The van der Waals surface area contributed by atoms with Crippen molar-refractivity contribution in [2.45, 2.75) is 39.2 Å². The molecule has 0 spiro atoms. The lowest BCUT2D eigenvalue weighted by Crippen LogP contribution is -2.50. The minimum atomic E-state index is -0.844. The van der Waals surface area contributed by atoms with Crippen LogP contribution in [0.4, 0.5) is 8.78 Å². The quantitative estimate of drug-likeness (QED) is 0.654. The Kier molecular flexibility index (Phi) is 9.11. The third kappa shape index (κ3) is 5.79. The number of hydrogen-bond donors (Lipinski definition) is 2. The summed E-state index contributed by atoms with van der Waals surface area (Å²) in [6, 6.07) is 10.1. The van der Waals surface area contributed by atoms with Crippen molar-refractivity contribution in [2.24, 2.45) is 0 Å². The highest BCUT2D eigenvalue weighted by molar-refractivity contribution is 7.80. The van der Waals surface area contributed by atoms with Crippen LogP contribution >= 0.6 is 12.6 Å². The zero-order valence-electron chi connectivity index (χ0n) is 17.1. The third-order valence-electron chi connectivity index (χ3n) is 4.98. The second-order valence-electron chi connectivity index (χ2n) is 6.95. The molecule has 0 amide bonds. The van der Waals surface area contributed by atoms with Crippen LogP contribution in [-0.2, 0) is 17.6 Å². The van der Waals surface area contributed by atoms with Crippen molar-refractivity contribution in [1.29, 1.82) is 0 Å². The van der Waals surface area contributed by atoms with E-state index < -0.39 is 23.1 Å². The molecular formula is C22H29F2NO2S. The van der Waals surface area contributed by atoms with Crippen molar-refractivity contribution in [1.82, 2.24) is 4.90 Å². The molecule has 1 N–H and O–H groups in total. The maximum atomic E-state index is 13.2. The van der Waals surface area contributed by atoms with Gasteiger partial charge in [0.05, 0.1) is 0 Å². The summed E-state index contributed by atoms with van der Waals surface area (Å²) in [5, 5.41) is 8.71. The minimum Gasteiger partial charge on any atom is -0.480 e. The van der Waals surface area contributed by atoms with Gasteiger partial charge in [-0.1, -0.05) is 38.1 Å². The monoisotopic (exact) mass is 409 g/mol. The fourth-order valence-corrected chi connectivity index (χ4v) is 2.97. The SMILES string of the molecule is CCc1ccc(-c2ccc(F)c(F)c2)cc1CC.CN(C)[C@@](C)(CS)C(=O)O. The normalized spacial score (nSPS) is 12.9. The van der Waals surface area contributed by atoms with Gasteiger partial charge in [-0.05, 0) is 68.2 Å². The molecule has 154 valence electrons. The Morgan fingerprint density at radius 3 is 1.93 bits per heavy atom. The van der Waals surface area contributed by atoms with E-state index in [9.17, 15) is 13.6 Å². The first kappa shape index (κ1) is 24.1. The van der Waals surface area contributed by atoms with Crippen LogP contribution in [0, 0.1) is 11.6 Å². The van der Waals surface area contributed by atoms with Crippen LogP contribution in [0.5, 0.6) is 0 Å². The first-order valence-electron chi connectivity index (χ1n) is 9.19. The van der Waals surface area contributed by atoms with Crippen LogP contribution in [-0.4, -0.2) is 41.4 Å². The Bertz CT molecular complexity index is 811. The van der Waals surface area contributed by atoms with E-state index in [-0.39, 0.29) is 0 Å². The summed E-state index contributed by atoms with van der Waals surface area (Å²) in [6.07, 6.45) is 1.93. The van der Waals surface area contributed by atoms with Crippen molar-refractivity contribution in [2.75, 3.05) is 19.8 Å². The zero-order valence-corrected chi connectivity index (χ0v) is 18.0. The highest BCUT2D eigenvalue weighted by Gasteiger charge is 2.33. The summed E-state index contributed by atoms with van der Waals surface area (Å²) in [5.74, 6) is -2.13. The maximum absolute atomic E-state index is 13.2. The molecule has 0 radical (unpaired) electrons. The van der Waals surface area contributed by atoms with Gasteiger partial charge >= 0.3 is 5.97 Å². The standard InChI is InChI=1S/C16H16F2.C6H13NO2S/c1-3-11-5-6-13(9-12(11)4-2)14-7-8-15(17)16(18)10-14;1-6(4-10,5(8)9)7(2)3/h5-10H,3-4H2,1-2H3;10H,4H2,1-3H3,(H,8,9)/t;6-/m.0/s1. The second kappa shape index (κ2) is 10.6. The van der Waals surface area contributed by atoms with E-state index >= 15 is 0 Å². The summed E-state index contributed by atoms with van der Waals surface area (Å²) < 4.78 is 26.1. The predicted molar refractivity (Wildman–Crippen MR) is 114 cm³/mol.